The van der Waals surface area contributed by atoms with Crippen molar-refractivity contribution >= 4 is 33.2 Å². The molecule has 1 aliphatic heterocycles. The molecule has 2 aromatic rings. The van der Waals surface area contributed by atoms with Crippen LogP contribution in [-0.4, -0.2) is 43.8 Å². The van der Waals surface area contributed by atoms with Crippen molar-refractivity contribution in [1.82, 2.24) is 9.21 Å². The quantitative estimate of drug-likeness (QED) is 0.496. The van der Waals surface area contributed by atoms with E-state index >= 15 is 0 Å². The zero-order valence-electron chi connectivity index (χ0n) is 16.7. The number of alkyl halides is 3. The number of benzene rings is 2. The molecule has 31 heavy (non-hydrogen) atoms. The van der Waals surface area contributed by atoms with E-state index in [2.05, 4.69) is 4.90 Å². The summed E-state index contributed by atoms with van der Waals surface area (Å²) in [5, 5.41) is 0.272. The van der Waals surface area contributed by atoms with E-state index in [1.165, 1.54) is 34.6 Å². The van der Waals surface area contributed by atoms with Gasteiger partial charge in [-0.3, -0.25) is 0 Å². The minimum Gasteiger partial charge on any atom is -0.302 e. The van der Waals surface area contributed by atoms with E-state index in [0.29, 0.717) is 12.1 Å². The molecular weight excluding hydrogens is 472 g/mol. The predicted octanol–water partition coefficient (Wildman–Crippen LogP) is 5.69. The predicted molar refractivity (Wildman–Crippen MR) is 116 cm³/mol. The molecule has 1 fully saturated rings. The first kappa shape index (κ1) is 24.3. The summed E-state index contributed by atoms with van der Waals surface area (Å²) in [6, 6.07) is 8.71. The van der Waals surface area contributed by atoms with Gasteiger partial charge in [-0.05, 0) is 61.8 Å². The summed E-state index contributed by atoms with van der Waals surface area (Å²) in [5.41, 5.74) is -0.328. The second kappa shape index (κ2) is 10.1. The highest BCUT2D eigenvalue weighted by Crippen LogP contribution is 2.31. The van der Waals surface area contributed by atoms with Crippen LogP contribution in [0.1, 0.15) is 30.4 Å². The maximum absolute atomic E-state index is 13.4. The first-order valence-corrected chi connectivity index (χ1v) is 12.1. The summed E-state index contributed by atoms with van der Waals surface area (Å²) < 4.78 is 66.6. The number of hydrogen-bond acceptors (Lipinski definition) is 3. The van der Waals surface area contributed by atoms with Crippen molar-refractivity contribution in [2.24, 2.45) is 0 Å². The van der Waals surface area contributed by atoms with E-state index in [1.54, 1.807) is 0 Å². The highest BCUT2D eigenvalue weighted by Gasteiger charge is 2.31. The maximum atomic E-state index is 13.4. The smallest absolute Gasteiger partial charge is 0.302 e. The molecule has 0 aliphatic carbocycles. The van der Waals surface area contributed by atoms with Crippen LogP contribution < -0.4 is 0 Å². The Labute approximate surface area is 190 Å². The topological polar surface area (TPSA) is 40.6 Å². The highest BCUT2D eigenvalue weighted by molar-refractivity contribution is 7.89. The Morgan fingerprint density at radius 3 is 2.23 bits per heavy atom. The van der Waals surface area contributed by atoms with Crippen LogP contribution in [0, 0.1) is 0 Å². The molecule has 0 atom stereocenters. The summed E-state index contributed by atoms with van der Waals surface area (Å²) in [5.74, 6) is 0. The first-order valence-electron chi connectivity index (χ1n) is 9.91. The van der Waals surface area contributed by atoms with Crippen LogP contribution in [0.15, 0.2) is 47.4 Å². The third-order valence-electron chi connectivity index (χ3n) is 5.27. The molecule has 4 nitrogen and oxygen atoms in total. The second-order valence-corrected chi connectivity index (χ2v) is 10.3. The molecule has 1 aliphatic rings. The summed E-state index contributed by atoms with van der Waals surface area (Å²) in [6.45, 7) is 2.43. The van der Waals surface area contributed by atoms with Crippen LogP contribution in [0.2, 0.25) is 10.0 Å². The minimum atomic E-state index is -4.45. The molecule has 0 saturated carbocycles. The molecule has 1 heterocycles. The second-order valence-electron chi connectivity index (χ2n) is 7.51. The van der Waals surface area contributed by atoms with Crippen molar-refractivity contribution in [2.45, 2.75) is 36.9 Å². The van der Waals surface area contributed by atoms with E-state index in [0.717, 1.165) is 44.5 Å². The lowest BCUT2D eigenvalue weighted by Gasteiger charge is -2.30. The van der Waals surface area contributed by atoms with Gasteiger partial charge in [-0.25, -0.2) is 8.42 Å². The van der Waals surface area contributed by atoms with Crippen molar-refractivity contribution in [1.29, 1.82) is 0 Å². The molecule has 0 N–H and O–H groups in total. The Morgan fingerprint density at radius 2 is 1.61 bits per heavy atom. The lowest BCUT2D eigenvalue weighted by Crippen LogP contribution is -2.40. The lowest BCUT2D eigenvalue weighted by molar-refractivity contribution is -0.137. The zero-order chi connectivity index (χ0) is 22.6. The number of rotatable bonds is 7. The van der Waals surface area contributed by atoms with Crippen molar-refractivity contribution in [3.63, 3.8) is 0 Å². The van der Waals surface area contributed by atoms with Gasteiger partial charge in [0.15, 0.2) is 0 Å². The Bertz CT molecular complexity index is 993. The fourth-order valence-electron chi connectivity index (χ4n) is 3.54. The molecule has 0 spiro atoms. The van der Waals surface area contributed by atoms with Gasteiger partial charge in [0, 0.05) is 24.7 Å². The molecule has 0 radical (unpaired) electrons. The summed E-state index contributed by atoms with van der Waals surface area (Å²) >= 11 is 12.1. The Morgan fingerprint density at radius 1 is 0.968 bits per heavy atom. The molecule has 10 heteroatoms. The van der Waals surface area contributed by atoms with E-state index in [4.69, 9.17) is 23.2 Å². The van der Waals surface area contributed by atoms with Crippen LogP contribution >= 0.6 is 23.2 Å². The molecule has 0 aromatic heterocycles. The fourth-order valence-corrected chi connectivity index (χ4v) is 5.69. The van der Waals surface area contributed by atoms with Gasteiger partial charge in [-0.15, -0.1) is 0 Å². The van der Waals surface area contributed by atoms with Crippen molar-refractivity contribution in [3.8, 4) is 0 Å². The molecular formula is C21H23Cl2F3N2O2S. The van der Waals surface area contributed by atoms with Crippen LogP contribution in [0.4, 0.5) is 13.2 Å². The van der Waals surface area contributed by atoms with Crippen molar-refractivity contribution < 1.29 is 21.6 Å². The molecule has 3 rings (SSSR count). The summed E-state index contributed by atoms with van der Waals surface area (Å²) in [4.78, 5) is 2.07. The molecule has 1 saturated heterocycles. The van der Waals surface area contributed by atoms with Gasteiger partial charge >= 0.3 is 6.18 Å². The molecule has 2 aromatic carbocycles. The minimum absolute atomic E-state index is 0.0415. The van der Waals surface area contributed by atoms with Gasteiger partial charge in [-0.1, -0.05) is 41.8 Å². The van der Waals surface area contributed by atoms with Gasteiger partial charge in [0.1, 0.15) is 4.90 Å². The van der Waals surface area contributed by atoms with Crippen molar-refractivity contribution in [3.05, 3.63) is 63.6 Å². The summed E-state index contributed by atoms with van der Waals surface area (Å²) in [6.07, 6.45) is -1.17. The van der Waals surface area contributed by atoms with Gasteiger partial charge < -0.3 is 4.90 Å². The Balaban J connectivity index is 1.87. The average Bonchev–Trinajstić information content (AvgIpc) is 2.73. The largest absolute Gasteiger partial charge is 0.416 e. The van der Waals surface area contributed by atoms with Gasteiger partial charge in [0.25, 0.3) is 0 Å². The highest BCUT2D eigenvalue weighted by atomic mass is 35.5. The molecule has 0 bridgehead atoms. The number of nitrogens with zero attached hydrogens (tertiary/aromatic N) is 2. The van der Waals surface area contributed by atoms with Gasteiger partial charge in [-0.2, -0.15) is 17.5 Å². The van der Waals surface area contributed by atoms with Crippen LogP contribution in [0.5, 0.6) is 0 Å². The number of halogens is 5. The van der Waals surface area contributed by atoms with E-state index in [-0.39, 0.29) is 28.0 Å². The maximum Gasteiger partial charge on any atom is 0.416 e. The Hall–Kier alpha value is -1.32. The summed E-state index contributed by atoms with van der Waals surface area (Å²) in [7, 11) is -4.02. The first-order chi connectivity index (χ1) is 14.6. The van der Waals surface area contributed by atoms with E-state index in [1.807, 2.05) is 0 Å². The number of sulfonamides is 1. The monoisotopic (exact) mass is 494 g/mol. The third kappa shape index (κ3) is 6.35. The molecule has 170 valence electrons. The average molecular weight is 495 g/mol. The normalized spacial score (nSPS) is 16.1. The molecule has 0 unspecified atom stereocenters. The number of likely N-dealkylation sites (tertiary alicyclic amines) is 1. The van der Waals surface area contributed by atoms with Crippen LogP contribution in [0.3, 0.4) is 0 Å². The van der Waals surface area contributed by atoms with E-state index < -0.39 is 21.8 Å². The third-order valence-corrected chi connectivity index (χ3v) is 7.83. The number of piperidine rings is 1. The fraction of sp³-hybridized carbons (Fsp3) is 0.429. The lowest BCUT2D eigenvalue weighted by atomic mass is 10.1. The van der Waals surface area contributed by atoms with Crippen LogP contribution in [-0.2, 0) is 22.7 Å². The van der Waals surface area contributed by atoms with E-state index in [9.17, 15) is 21.6 Å². The SMILES string of the molecule is O=S(=O)(c1cc(Cl)ccc1Cl)N(CCN1CCCCC1)Cc1ccc(C(F)(F)F)cc1. The number of hydrogen-bond donors (Lipinski definition) is 0. The Kier molecular flexibility index (Phi) is 7.91. The van der Waals surface area contributed by atoms with Gasteiger partial charge in [0.2, 0.25) is 10.0 Å². The van der Waals surface area contributed by atoms with Crippen molar-refractivity contribution in [2.75, 3.05) is 26.2 Å². The zero-order valence-corrected chi connectivity index (χ0v) is 19.0. The van der Waals surface area contributed by atoms with Gasteiger partial charge in [0.05, 0.1) is 10.6 Å². The van der Waals surface area contributed by atoms with Crippen LogP contribution in [0.25, 0.3) is 0 Å². The standard InChI is InChI=1S/C21H23Cl2F3N2O2S/c22-18-8-9-19(23)20(14-18)31(29,30)28(13-12-27-10-2-1-3-11-27)15-16-4-6-17(7-5-16)21(24,25)26/h4-9,14H,1-3,10-13,15H2. The molecule has 0 amide bonds.